The predicted octanol–water partition coefficient (Wildman–Crippen LogP) is 3.01. The first-order chi connectivity index (χ1) is 9.99. The third-order valence-electron chi connectivity index (χ3n) is 3.75. The number of aryl methyl sites for hydroxylation is 2. The van der Waals surface area contributed by atoms with E-state index < -0.39 is 0 Å². The van der Waals surface area contributed by atoms with Gasteiger partial charge in [-0.15, -0.1) is 0 Å². The molecular weight excluding hydrogens is 262 g/mol. The summed E-state index contributed by atoms with van der Waals surface area (Å²) in [5.41, 5.74) is 4.05. The van der Waals surface area contributed by atoms with Crippen LogP contribution < -0.4 is 0 Å². The molecule has 1 aromatic carbocycles. The number of aromatic amines is 1. The van der Waals surface area contributed by atoms with Gasteiger partial charge >= 0.3 is 0 Å². The van der Waals surface area contributed by atoms with Gasteiger partial charge < -0.3 is 4.90 Å². The maximum absolute atomic E-state index is 12.6. The summed E-state index contributed by atoms with van der Waals surface area (Å²) in [4.78, 5) is 14.6. The van der Waals surface area contributed by atoms with E-state index in [9.17, 15) is 4.79 Å². The van der Waals surface area contributed by atoms with Crippen LogP contribution in [0.25, 0.3) is 0 Å². The van der Waals surface area contributed by atoms with Crippen LogP contribution in [-0.4, -0.2) is 27.0 Å². The Balaban J connectivity index is 2.13. The lowest BCUT2D eigenvalue weighted by molar-refractivity contribution is -0.132. The van der Waals surface area contributed by atoms with Crippen molar-refractivity contribution in [3.63, 3.8) is 0 Å². The highest BCUT2D eigenvalue weighted by atomic mass is 16.2. The predicted molar refractivity (Wildman–Crippen MR) is 83.9 cm³/mol. The van der Waals surface area contributed by atoms with Crippen molar-refractivity contribution in [2.75, 3.05) is 0 Å². The molecule has 0 aliphatic carbocycles. The van der Waals surface area contributed by atoms with Crippen molar-refractivity contribution in [3.8, 4) is 0 Å². The van der Waals surface area contributed by atoms with Crippen LogP contribution in [-0.2, 0) is 17.8 Å². The highest BCUT2D eigenvalue weighted by Crippen LogP contribution is 2.15. The first-order valence-electron chi connectivity index (χ1n) is 7.33. The second-order valence-corrected chi connectivity index (χ2v) is 5.69. The highest BCUT2D eigenvalue weighted by Gasteiger charge is 2.20. The zero-order valence-corrected chi connectivity index (χ0v) is 13.2. The van der Waals surface area contributed by atoms with Gasteiger partial charge in [-0.3, -0.25) is 9.89 Å². The van der Waals surface area contributed by atoms with Crippen molar-refractivity contribution in [3.05, 3.63) is 52.8 Å². The van der Waals surface area contributed by atoms with Gasteiger partial charge in [-0.1, -0.05) is 30.3 Å². The number of benzene rings is 1. The van der Waals surface area contributed by atoms with Crippen LogP contribution in [0.3, 0.4) is 0 Å². The van der Waals surface area contributed by atoms with E-state index in [1.165, 1.54) is 0 Å². The number of carbonyl (C=O) groups is 1. The Bertz CT molecular complexity index is 582. The lowest BCUT2D eigenvalue weighted by Crippen LogP contribution is -2.37. The fraction of sp³-hybridized carbons (Fsp3) is 0.412. The molecule has 4 heteroatoms. The zero-order valence-electron chi connectivity index (χ0n) is 13.2. The van der Waals surface area contributed by atoms with Gasteiger partial charge in [0.15, 0.2) is 0 Å². The Kier molecular flexibility index (Phi) is 4.78. The molecule has 0 atom stereocenters. The van der Waals surface area contributed by atoms with Crippen molar-refractivity contribution >= 4 is 5.91 Å². The molecule has 0 unspecified atom stereocenters. The summed E-state index contributed by atoms with van der Waals surface area (Å²) in [5, 5.41) is 7.10. The molecule has 1 aromatic heterocycles. The Morgan fingerprint density at radius 1 is 1.24 bits per heavy atom. The van der Waals surface area contributed by atoms with E-state index in [4.69, 9.17) is 0 Å². The standard InChI is InChI=1S/C17H23N3O/c1-12(2)20(11-15-8-6-5-7-9-15)17(21)10-16-13(3)18-19-14(16)4/h5-9,12H,10-11H2,1-4H3,(H,18,19). The SMILES string of the molecule is Cc1n[nH]c(C)c1CC(=O)N(Cc1ccccc1)C(C)C. The number of nitrogens with zero attached hydrogens (tertiary/aromatic N) is 2. The van der Waals surface area contributed by atoms with E-state index in [-0.39, 0.29) is 11.9 Å². The van der Waals surface area contributed by atoms with Crippen LogP contribution in [0.15, 0.2) is 30.3 Å². The minimum atomic E-state index is 0.140. The molecule has 0 spiro atoms. The molecule has 1 N–H and O–H groups in total. The Hall–Kier alpha value is -2.10. The van der Waals surface area contributed by atoms with Gasteiger partial charge in [-0.2, -0.15) is 5.10 Å². The van der Waals surface area contributed by atoms with Gasteiger partial charge in [-0.25, -0.2) is 0 Å². The summed E-state index contributed by atoms with van der Waals surface area (Å²) in [6.45, 7) is 8.64. The summed E-state index contributed by atoms with van der Waals surface area (Å²) in [6.07, 6.45) is 0.402. The quantitative estimate of drug-likeness (QED) is 0.918. The van der Waals surface area contributed by atoms with Gasteiger partial charge in [0.2, 0.25) is 5.91 Å². The van der Waals surface area contributed by atoms with E-state index in [0.717, 1.165) is 22.5 Å². The van der Waals surface area contributed by atoms with Crippen LogP contribution in [0.1, 0.15) is 36.4 Å². The van der Waals surface area contributed by atoms with E-state index in [1.54, 1.807) is 0 Å². The maximum Gasteiger partial charge on any atom is 0.227 e. The molecule has 0 aliphatic rings. The molecule has 0 fully saturated rings. The summed E-state index contributed by atoms with van der Waals surface area (Å²) >= 11 is 0. The number of carbonyl (C=O) groups excluding carboxylic acids is 1. The fourth-order valence-corrected chi connectivity index (χ4v) is 2.43. The van der Waals surface area contributed by atoms with Crippen molar-refractivity contribution in [2.45, 2.75) is 46.7 Å². The highest BCUT2D eigenvalue weighted by molar-refractivity contribution is 5.79. The molecule has 2 aromatic rings. The molecule has 0 bridgehead atoms. The minimum Gasteiger partial charge on any atom is -0.336 e. The van der Waals surface area contributed by atoms with Gasteiger partial charge in [0.1, 0.15) is 0 Å². The number of aromatic nitrogens is 2. The number of H-pyrrole nitrogens is 1. The normalized spacial score (nSPS) is 10.9. The maximum atomic E-state index is 12.6. The van der Waals surface area contributed by atoms with Crippen LogP contribution in [0.5, 0.6) is 0 Å². The molecule has 0 radical (unpaired) electrons. The largest absolute Gasteiger partial charge is 0.336 e. The number of hydrogen-bond acceptors (Lipinski definition) is 2. The van der Waals surface area contributed by atoms with E-state index >= 15 is 0 Å². The Morgan fingerprint density at radius 3 is 2.43 bits per heavy atom. The number of nitrogens with one attached hydrogen (secondary N) is 1. The fourth-order valence-electron chi connectivity index (χ4n) is 2.43. The Labute approximate surface area is 126 Å². The van der Waals surface area contributed by atoms with E-state index in [1.807, 2.05) is 36.9 Å². The van der Waals surface area contributed by atoms with E-state index in [2.05, 4.69) is 36.2 Å². The minimum absolute atomic E-state index is 0.140. The molecular formula is C17H23N3O. The first kappa shape index (κ1) is 15.3. The van der Waals surface area contributed by atoms with Gasteiger partial charge in [-0.05, 0) is 33.3 Å². The van der Waals surface area contributed by atoms with E-state index in [0.29, 0.717) is 13.0 Å². The summed E-state index contributed by atoms with van der Waals surface area (Å²) in [5.74, 6) is 0.140. The topological polar surface area (TPSA) is 49.0 Å². The summed E-state index contributed by atoms with van der Waals surface area (Å²) in [6, 6.07) is 10.3. The molecule has 2 rings (SSSR count). The van der Waals surface area contributed by atoms with Gasteiger partial charge in [0, 0.05) is 23.8 Å². The second-order valence-electron chi connectivity index (χ2n) is 5.69. The average molecular weight is 285 g/mol. The lowest BCUT2D eigenvalue weighted by Gasteiger charge is -2.27. The van der Waals surface area contributed by atoms with Crippen LogP contribution in [0.2, 0.25) is 0 Å². The molecule has 0 aliphatic heterocycles. The van der Waals surface area contributed by atoms with Crippen molar-refractivity contribution in [1.29, 1.82) is 0 Å². The van der Waals surface area contributed by atoms with Crippen molar-refractivity contribution < 1.29 is 4.79 Å². The summed E-state index contributed by atoms with van der Waals surface area (Å²) in [7, 11) is 0. The monoisotopic (exact) mass is 285 g/mol. The number of hydrogen-bond donors (Lipinski definition) is 1. The third-order valence-corrected chi connectivity index (χ3v) is 3.75. The molecule has 112 valence electrons. The van der Waals surface area contributed by atoms with Crippen molar-refractivity contribution in [2.24, 2.45) is 0 Å². The lowest BCUT2D eigenvalue weighted by atomic mass is 10.1. The van der Waals surface area contributed by atoms with Gasteiger partial charge in [0.25, 0.3) is 0 Å². The number of amides is 1. The molecule has 0 saturated carbocycles. The first-order valence-corrected chi connectivity index (χ1v) is 7.33. The zero-order chi connectivity index (χ0) is 15.4. The number of rotatable bonds is 5. The molecule has 1 heterocycles. The molecule has 4 nitrogen and oxygen atoms in total. The molecule has 1 amide bonds. The summed E-state index contributed by atoms with van der Waals surface area (Å²) < 4.78 is 0. The van der Waals surface area contributed by atoms with Crippen LogP contribution >= 0.6 is 0 Å². The molecule has 21 heavy (non-hydrogen) atoms. The Morgan fingerprint density at radius 2 is 1.90 bits per heavy atom. The van der Waals surface area contributed by atoms with Crippen molar-refractivity contribution in [1.82, 2.24) is 15.1 Å². The van der Waals surface area contributed by atoms with Crippen LogP contribution in [0, 0.1) is 13.8 Å². The third kappa shape index (κ3) is 3.72. The van der Waals surface area contributed by atoms with Crippen LogP contribution in [0.4, 0.5) is 0 Å². The smallest absolute Gasteiger partial charge is 0.227 e. The van der Waals surface area contributed by atoms with Gasteiger partial charge in [0.05, 0.1) is 12.1 Å². The second kappa shape index (κ2) is 6.57. The molecule has 0 saturated heterocycles. The average Bonchev–Trinajstić information content (AvgIpc) is 2.77.